The zero-order valence-electron chi connectivity index (χ0n) is 16.4. The molecule has 0 fully saturated rings. The van der Waals surface area contributed by atoms with Crippen molar-refractivity contribution in [3.63, 3.8) is 0 Å². The summed E-state index contributed by atoms with van der Waals surface area (Å²) in [6.45, 7) is 6.35. The summed E-state index contributed by atoms with van der Waals surface area (Å²) < 4.78 is 5.17. The van der Waals surface area contributed by atoms with Gasteiger partial charge in [-0.1, -0.05) is 29.8 Å². The van der Waals surface area contributed by atoms with Crippen LogP contribution in [0.1, 0.15) is 32.9 Å². The van der Waals surface area contributed by atoms with E-state index in [0.717, 1.165) is 22.6 Å². The highest BCUT2D eigenvalue weighted by molar-refractivity contribution is 5.93. The predicted octanol–water partition coefficient (Wildman–Crippen LogP) is 3.47. The second-order valence-corrected chi connectivity index (χ2v) is 6.72. The second kappa shape index (κ2) is 7.61. The normalized spacial score (nSPS) is 10.7. The fourth-order valence-electron chi connectivity index (χ4n) is 2.97. The van der Waals surface area contributed by atoms with Crippen LogP contribution in [-0.2, 0) is 6.54 Å². The van der Waals surface area contributed by atoms with Gasteiger partial charge in [-0.05, 0) is 50.1 Å². The molecule has 1 amide bonds. The van der Waals surface area contributed by atoms with Gasteiger partial charge in [0, 0.05) is 13.6 Å². The summed E-state index contributed by atoms with van der Waals surface area (Å²) in [4.78, 5) is 16.0. The minimum Gasteiger partial charge on any atom is -0.497 e. The Bertz CT molecular complexity index is 961. The van der Waals surface area contributed by atoms with Gasteiger partial charge >= 0.3 is 0 Å². The number of carbonyl (C=O) groups excluding carboxylic acids is 1. The van der Waals surface area contributed by atoms with E-state index < -0.39 is 0 Å². The molecule has 0 N–H and O–H groups in total. The third kappa shape index (κ3) is 4.00. The standard InChI is InChI=1S/C21H24N4O2/c1-14-6-11-19(15(2)12-14)25-22-16(3)20(23-25)21(26)24(4)13-17-7-9-18(27-5)10-8-17/h6-12H,13H2,1-5H3. The van der Waals surface area contributed by atoms with Crippen LogP contribution in [0.2, 0.25) is 0 Å². The summed E-state index contributed by atoms with van der Waals surface area (Å²) >= 11 is 0. The molecular weight excluding hydrogens is 340 g/mol. The number of hydrogen-bond acceptors (Lipinski definition) is 4. The highest BCUT2D eigenvalue weighted by Gasteiger charge is 2.20. The Labute approximate surface area is 159 Å². The molecule has 6 heteroatoms. The summed E-state index contributed by atoms with van der Waals surface area (Å²) in [6.07, 6.45) is 0. The van der Waals surface area contributed by atoms with Gasteiger partial charge in [-0.15, -0.1) is 5.10 Å². The van der Waals surface area contributed by atoms with Crippen molar-refractivity contribution in [3.05, 3.63) is 70.5 Å². The lowest BCUT2D eigenvalue weighted by molar-refractivity contribution is 0.0778. The van der Waals surface area contributed by atoms with E-state index in [-0.39, 0.29) is 5.91 Å². The third-order valence-corrected chi connectivity index (χ3v) is 4.48. The summed E-state index contributed by atoms with van der Waals surface area (Å²) in [5.74, 6) is 0.638. The van der Waals surface area contributed by atoms with Crippen molar-refractivity contribution < 1.29 is 9.53 Å². The van der Waals surface area contributed by atoms with Gasteiger partial charge < -0.3 is 9.64 Å². The molecule has 140 valence electrons. The van der Waals surface area contributed by atoms with Gasteiger partial charge in [0.15, 0.2) is 5.69 Å². The maximum atomic E-state index is 12.9. The number of hydrogen-bond donors (Lipinski definition) is 0. The average Bonchev–Trinajstić information content (AvgIpc) is 3.03. The summed E-state index contributed by atoms with van der Waals surface area (Å²) in [5.41, 5.74) is 5.12. The number of aryl methyl sites for hydroxylation is 3. The van der Waals surface area contributed by atoms with Crippen LogP contribution >= 0.6 is 0 Å². The van der Waals surface area contributed by atoms with E-state index in [9.17, 15) is 4.79 Å². The first kappa shape index (κ1) is 18.6. The van der Waals surface area contributed by atoms with Crippen LogP contribution < -0.4 is 4.74 Å². The molecule has 0 aliphatic rings. The molecule has 3 rings (SSSR count). The molecule has 0 saturated carbocycles. The van der Waals surface area contributed by atoms with Crippen molar-refractivity contribution in [1.29, 1.82) is 0 Å². The van der Waals surface area contributed by atoms with Crippen LogP contribution in [0.15, 0.2) is 42.5 Å². The largest absolute Gasteiger partial charge is 0.497 e. The minimum atomic E-state index is -0.153. The summed E-state index contributed by atoms with van der Waals surface area (Å²) in [6, 6.07) is 13.7. The van der Waals surface area contributed by atoms with E-state index in [1.54, 1.807) is 23.9 Å². The van der Waals surface area contributed by atoms with Crippen molar-refractivity contribution in [1.82, 2.24) is 19.9 Å². The Morgan fingerprint density at radius 3 is 2.41 bits per heavy atom. The second-order valence-electron chi connectivity index (χ2n) is 6.72. The van der Waals surface area contributed by atoms with Crippen LogP contribution in [0.3, 0.4) is 0 Å². The quantitative estimate of drug-likeness (QED) is 0.695. The lowest BCUT2D eigenvalue weighted by Gasteiger charge is -2.16. The van der Waals surface area contributed by atoms with Crippen LogP contribution in [0.4, 0.5) is 0 Å². The number of benzene rings is 2. The van der Waals surface area contributed by atoms with Crippen LogP contribution in [0, 0.1) is 20.8 Å². The smallest absolute Gasteiger partial charge is 0.276 e. The van der Waals surface area contributed by atoms with Crippen LogP contribution in [0.5, 0.6) is 5.75 Å². The lowest BCUT2D eigenvalue weighted by Crippen LogP contribution is -2.27. The van der Waals surface area contributed by atoms with Crippen molar-refractivity contribution in [3.8, 4) is 11.4 Å². The van der Waals surface area contributed by atoms with E-state index in [0.29, 0.717) is 17.9 Å². The molecule has 1 heterocycles. The van der Waals surface area contributed by atoms with Gasteiger partial charge in [-0.3, -0.25) is 4.79 Å². The Morgan fingerprint density at radius 1 is 1.07 bits per heavy atom. The van der Waals surface area contributed by atoms with E-state index in [2.05, 4.69) is 16.3 Å². The Kier molecular flexibility index (Phi) is 5.26. The first-order valence-corrected chi connectivity index (χ1v) is 8.79. The number of nitrogens with zero attached hydrogens (tertiary/aromatic N) is 4. The first-order valence-electron chi connectivity index (χ1n) is 8.79. The topological polar surface area (TPSA) is 60.2 Å². The van der Waals surface area contributed by atoms with Crippen molar-refractivity contribution in [2.75, 3.05) is 14.2 Å². The van der Waals surface area contributed by atoms with E-state index in [4.69, 9.17) is 4.74 Å². The summed E-state index contributed by atoms with van der Waals surface area (Å²) in [7, 11) is 3.40. The molecule has 0 atom stereocenters. The molecule has 0 saturated heterocycles. The van der Waals surface area contributed by atoms with Gasteiger partial charge in [0.05, 0.1) is 18.5 Å². The maximum Gasteiger partial charge on any atom is 0.276 e. The number of rotatable bonds is 5. The van der Waals surface area contributed by atoms with Crippen molar-refractivity contribution in [2.45, 2.75) is 27.3 Å². The molecule has 1 aromatic heterocycles. The molecule has 0 spiro atoms. The monoisotopic (exact) mass is 364 g/mol. The van der Waals surface area contributed by atoms with Crippen molar-refractivity contribution >= 4 is 5.91 Å². The Hall–Kier alpha value is -3.15. The molecule has 0 unspecified atom stereocenters. The van der Waals surface area contributed by atoms with Gasteiger partial charge in [0.2, 0.25) is 0 Å². The Morgan fingerprint density at radius 2 is 1.78 bits per heavy atom. The van der Waals surface area contributed by atoms with Gasteiger partial charge in [-0.25, -0.2) is 0 Å². The van der Waals surface area contributed by atoms with Gasteiger partial charge in [-0.2, -0.15) is 9.90 Å². The number of methoxy groups -OCH3 is 1. The molecular formula is C21H24N4O2. The molecule has 0 bridgehead atoms. The zero-order chi connectivity index (χ0) is 19.6. The van der Waals surface area contributed by atoms with E-state index in [1.165, 1.54) is 5.56 Å². The highest BCUT2D eigenvalue weighted by atomic mass is 16.5. The zero-order valence-corrected chi connectivity index (χ0v) is 16.4. The van der Waals surface area contributed by atoms with Crippen molar-refractivity contribution in [2.24, 2.45) is 0 Å². The lowest BCUT2D eigenvalue weighted by atomic mass is 10.1. The van der Waals surface area contributed by atoms with Gasteiger partial charge in [0.1, 0.15) is 5.75 Å². The average molecular weight is 364 g/mol. The number of ether oxygens (including phenoxy) is 1. The SMILES string of the molecule is COc1ccc(CN(C)C(=O)c2nn(-c3ccc(C)cc3C)nc2C)cc1. The fraction of sp³-hybridized carbons (Fsp3) is 0.286. The molecule has 2 aromatic carbocycles. The molecule has 3 aromatic rings. The van der Waals surface area contributed by atoms with E-state index in [1.807, 2.05) is 57.2 Å². The van der Waals surface area contributed by atoms with Crippen LogP contribution in [-0.4, -0.2) is 40.0 Å². The molecule has 0 aliphatic carbocycles. The Balaban J connectivity index is 1.80. The number of carbonyl (C=O) groups is 1. The molecule has 0 aliphatic heterocycles. The minimum absolute atomic E-state index is 0.153. The third-order valence-electron chi connectivity index (χ3n) is 4.48. The predicted molar refractivity (Wildman–Crippen MR) is 104 cm³/mol. The number of amides is 1. The summed E-state index contributed by atoms with van der Waals surface area (Å²) in [5, 5.41) is 8.90. The molecule has 0 radical (unpaired) electrons. The maximum absolute atomic E-state index is 12.9. The fourth-order valence-corrected chi connectivity index (χ4v) is 2.97. The van der Waals surface area contributed by atoms with Gasteiger partial charge in [0.25, 0.3) is 5.91 Å². The van der Waals surface area contributed by atoms with Crippen LogP contribution in [0.25, 0.3) is 5.69 Å². The number of aromatic nitrogens is 3. The molecule has 6 nitrogen and oxygen atoms in total. The van der Waals surface area contributed by atoms with E-state index >= 15 is 0 Å². The first-order chi connectivity index (χ1) is 12.9. The molecule has 27 heavy (non-hydrogen) atoms. The highest BCUT2D eigenvalue weighted by Crippen LogP contribution is 2.17.